The van der Waals surface area contributed by atoms with E-state index in [-0.39, 0.29) is 10.8 Å². The molecule has 1 amide bonds. The van der Waals surface area contributed by atoms with Gasteiger partial charge >= 0.3 is 10.2 Å². The third-order valence-corrected chi connectivity index (χ3v) is 6.85. The second kappa shape index (κ2) is 9.37. The summed E-state index contributed by atoms with van der Waals surface area (Å²) in [4.78, 5) is 12.6. The third kappa shape index (κ3) is 5.16. The molecule has 0 aliphatic rings. The van der Waals surface area contributed by atoms with Crippen LogP contribution in [0.1, 0.15) is 0 Å². The largest absolute Gasteiger partial charge is 0.497 e. The molecule has 1 N–H and O–H groups in total. The molecule has 0 saturated carbocycles. The molecule has 0 radical (unpaired) electrons. The maximum Gasteiger partial charge on any atom is 0.304 e. The Morgan fingerprint density at radius 2 is 1.81 bits per heavy atom. The van der Waals surface area contributed by atoms with Crippen LogP contribution >= 0.6 is 11.3 Å². The molecule has 3 aromatic rings. The van der Waals surface area contributed by atoms with Crippen LogP contribution < -0.4 is 14.4 Å². The lowest BCUT2D eigenvalue weighted by Crippen LogP contribution is -2.44. The van der Waals surface area contributed by atoms with Crippen molar-refractivity contribution in [2.24, 2.45) is 0 Å². The highest BCUT2D eigenvalue weighted by Crippen LogP contribution is 2.28. The van der Waals surface area contributed by atoms with E-state index in [2.05, 4.69) is 15.5 Å². The molecule has 3 rings (SSSR count). The Balaban J connectivity index is 1.79. The maximum absolute atomic E-state index is 14.3. The molecule has 0 aliphatic heterocycles. The number of anilines is 2. The molecule has 9 nitrogen and oxygen atoms in total. The van der Waals surface area contributed by atoms with E-state index in [1.54, 1.807) is 31.4 Å². The van der Waals surface area contributed by atoms with Gasteiger partial charge in [0, 0.05) is 19.7 Å². The highest BCUT2D eigenvalue weighted by atomic mass is 32.2. The molecular formula is C19H20FN5O4S2. The maximum atomic E-state index is 14.3. The van der Waals surface area contributed by atoms with Crippen LogP contribution in [0.3, 0.4) is 0 Å². The summed E-state index contributed by atoms with van der Waals surface area (Å²) in [6.45, 7) is -0.640. The Kier molecular flexibility index (Phi) is 6.83. The van der Waals surface area contributed by atoms with Crippen molar-refractivity contribution in [3.05, 3.63) is 54.3 Å². The van der Waals surface area contributed by atoms with Crippen molar-refractivity contribution in [2.75, 3.05) is 37.4 Å². The van der Waals surface area contributed by atoms with E-state index in [1.165, 1.54) is 32.3 Å². The monoisotopic (exact) mass is 465 g/mol. The molecule has 1 heterocycles. The first-order valence-electron chi connectivity index (χ1n) is 8.95. The van der Waals surface area contributed by atoms with Crippen molar-refractivity contribution in [1.29, 1.82) is 0 Å². The molecule has 2 aromatic carbocycles. The summed E-state index contributed by atoms with van der Waals surface area (Å²) < 4.78 is 46.3. The lowest BCUT2D eigenvalue weighted by atomic mass is 10.2. The molecule has 0 saturated heterocycles. The Bertz CT molecular complexity index is 1170. The van der Waals surface area contributed by atoms with Gasteiger partial charge in [0.25, 0.3) is 0 Å². The van der Waals surface area contributed by atoms with Crippen molar-refractivity contribution in [3.63, 3.8) is 0 Å². The zero-order valence-electron chi connectivity index (χ0n) is 16.9. The van der Waals surface area contributed by atoms with Crippen molar-refractivity contribution in [3.8, 4) is 16.3 Å². The lowest BCUT2D eigenvalue weighted by Gasteiger charge is -2.26. The smallest absolute Gasteiger partial charge is 0.304 e. The molecule has 0 atom stereocenters. The first-order chi connectivity index (χ1) is 14.7. The molecule has 12 heteroatoms. The fraction of sp³-hybridized carbons (Fsp3) is 0.211. The van der Waals surface area contributed by atoms with E-state index in [1.807, 2.05) is 0 Å². The Hall–Kier alpha value is -3.09. The van der Waals surface area contributed by atoms with Gasteiger partial charge in [-0.2, -0.15) is 12.7 Å². The summed E-state index contributed by atoms with van der Waals surface area (Å²) in [6.07, 6.45) is 0. The number of nitrogens with zero attached hydrogens (tertiary/aromatic N) is 4. The Morgan fingerprint density at radius 1 is 1.13 bits per heavy atom. The molecule has 0 fully saturated rings. The van der Waals surface area contributed by atoms with Crippen LogP contribution in [-0.2, 0) is 15.0 Å². The van der Waals surface area contributed by atoms with E-state index in [0.717, 1.165) is 27.3 Å². The number of halogens is 1. The van der Waals surface area contributed by atoms with Crippen LogP contribution in [-0.4, -0.2) is 56.6 Å². The molecular weight excluding hydrogens is 445 g/mol. The molecule has 164 valence electrons. The van der Waals surface area contributed by atoms with Gasteiger partial charge in [-0.15, -0.1) is 10.2 Å². The number of rotatable bonds is 8. The highest BCUT2D eigenvalue weighted by molar-refractivity contribution is 7.90. The summed E-state index contributed by atoms with van der Waals surface area (Å²) in [5.74, 6) is -0.762. The number of aromatic nitrogens is 2. The van der Waals surface area contributed by atoms with E-state index >= 15 is 0 Å². The second-order valence-corrected chi connectivity index (χ2v) is 9.48. The van der Waals surface area contributed by atoms with Crippen molar-refractivity contribution < 1.29 is 22.3 Å². The first-order valence-corrected chi connectivity index (χ1v) is 11.2. The van der Waals surface area contributed by atoms with Crippen molar-refractivity contribution in [1.82, 2.24) is 14.5 Å². The summed E-state index contributed by atoms with van der Waals surface area (Å²) >= 11 is 1.12. The van der Waals surface area contributed by atoms with Crippen LogP contribution in [0.2, 0.25) is 0 Å². The van der Waals surface area contributed by atoms with Crippen molar-refractivity contribution >= 4 is 38.3 Å². The van der Waals surface area contributed by atoms with Gasteiger partial charge in [0.05, 0.1) is 12.8 Å². The summed E-state index contributed by atoms with van der Waals surface area (Å²) in [5, 5.41) is 11.2. The standard InChI is InChI=1S/C19H20FN5O4S2/c1-24(2)31(27,28)25(16-7-5-4-6-15(16)20)12-17(26)21-19-23-22-18(30-19)13-8-10-14(29-3)11-9-13/h4-11H,12H2,1-3H3,(H,21,23,26). The minimum absolute atomic E-state index is 0.187. The number of nitrogens with one attached hydrogen (secondary N) is 1. The summed E-state index contributed by atoms with van der Waals surface area (Å²) in [6, 6.07) is 12.5. The van der Waals surface area contributed by atoms with Crippen LogP contribution in [0.5, 0.6) is 5.75 Å². The number of benzene rings is 2. The number of para-hydroxylation sites is 1. The molecule has 0 aliphatic carbocycles. The Labute approximate surface area is 183 Å². The number of ether oxygens (including phenoxy) is 1. The molecule has 1 aromatic heterocycles. The SMILES string of the molecule is COc1ccc(-c2nnc(NC(=O)CN(c3ccccc3F)S(=O)(=O)N(C)C)s2)cc1. The fourth-order valence-corrected chi connectivity index (χ4v) is 4.39. The van der Waals surface area contributed by atoms with E-state index in [9.17, 15) is 17.6 Å². The predicted octanol–water partition coefficient (Wildman–Crippen LogP) is 2.60. The second-order valence-electron chi connectivity index (χ2n) is 6.44. The van der Waals surface area contributed by atoms with Crippen LogP contribution in [0.15, 0.2) is 48.5 Å². The summed E-state index contributed by atoms with van der Waals surface area (Å²) in [7, 11) is 0.0364. The van der Waals surface area contributed by atoms with E-state index < -0.39 is 28.5 Å². The number of carbonyl (C=O) groups excluding carboxylic acids is 1. The predicted molar refractivity (Wildman–Crippen MR) is 117 cm³/mol. The normalized spacial score (nSPS) is 11.4. The van der Waals surface area contributed by atoms with Gasteiger partial charge in [-0.25, -0.2) is 8.70 Å². The van der Waals surface area contributed by atoms with Gasteiger partial charge in [-0.3, -0.25) is 10.1 Å². The van der Waals surface area contributed by atoms with Gasteiger partial charge in [0.1, 0.15) is 23.1 Å². The van der Waals surface area contributed by atoms with Gasteiger partial charge in [0.15, 0.2) is 0 Å². The topological polar surface area (TPSA) is 105 Å². The van der Waals surface area contributed by atoms with Crippen LogP contribution in [0.25, 0.3) is 10.6 Å². The van der Waals surface area contributed by atoms with Crippen molar-refractivity contribution in [2.45, 2.75) is 0 Å². The van der Waals surface area contributed by atoms with Crippen LogP contribution in [0.4, 0.5) is 15.2 Å². The van der Waals surface area contributed by atoms with E-state index in [4.69, 9.17) is 4.74 Å². The Morgan fingerprint density at radius 3 is 2.42 bits per heavy atom. The minimum atomic E-state index is -4.12. The average Bonchev–Trinajstić information content (AvgIpc) is 3.21. The molecule has 0 unspecified atom stereocenters. The molecule has 31 heavy (non-hydrogen) atoms. The third-order valence-electron chi connectivity index (χ3n) is 4.16. The number of carbonyl (C=O) groups is 1. The van der Waals surface area contributed by atoms with Gasteiger partial charge < -0.3 is 4.74 Å². The average molecular weight is 466 g/mol. The molecule has 0 spiro atoms. The molecule has 0 bridgehead atoms. The first kappa shape index (κ1) is 22.6. The number of hydrogen-bond acceptors (Lipinski definition) is 7. The summed E-state index contributed by atoms with van der Waals surface area (Å²) in [5.41, 5.74) is 0.546. The number of methoxy groups -OCH3 is 1. The lowest BCUT2D eigenvalue weighted by molar-refractivity contribution is -0.114. The number of amides is 1. The van der Waals surface area contributed by atoms with Gasteiger partial charge in [0.2, 0.25) is 11.0 Å². The van der Waals surface area contributed by atoms with E-state index in [0.29, 0.717) is 15.1 Å². The quantitative estimate of drug-likeness (QED) is 0.548. The number of hydrogen-bond donors (Lipinski definition) is 1. The van der Waals surface area contributed by atoms with Gasteiger partial charge in [-0.1, -0.05) is 23.5 Å². The minimum Gasteiger partial charge on any atom is -0.497 e. The van der Waals surface area contributed by atoms with Gasteiger partial charge in [-0.05, 0) is 36.4 Å². The zero-order valence-corrected chi connectivity index (χ0v) is 18.6. The zero-order chi connectivity index (χ0) is 22.6. The fourth-order valence-electron chi connectivity index (χ4n) is 2.56. The van der Waals surface area contributed by atoms with Crippen LogP contribution in [0, 0.1) is 5.82 Å². The highest BCUT2D eigenvalue weighted by Gasteiger charge is 2.29.